The first kappa shape index (κ1) is 31.2. The highest BCUT2D eigenvalue weighted by molar-refractivity contribution is 6.22. The lowest BCUT2D eigenvalue weighted by Gasteiger charge is -2.16. The predicted octanol–water partition coefficient (Wildman–Crippen LogP) is 11.9. The van der Waals surface area contributed by atoms with Crippen LogP contribution in [-0.2, 0) is 0 Å². The summed E-state index contributed by atoms with van der Waals surface area (Å²) in [5, 5.41) is 11.9. The third-order valence-electron chi connectivity index (χ3n) is 10.2. The minimum Gasteiger partial charge on any atom is -0.256 e. The van der Waals surface area contributed by atoms with Crippen LogP contribution in [0.4, 0.5) is 0 Å². The van der Waals surface area contributed by atoms with Gasteiger partial charge in [0.2, 0.25) is 0 Å². The molecule has 1 aliphatic carbocycles. The van der Waals surface area contributed by atoms with Crippen molar-refractivity contribution in [1.29, 1.82) is 5.26 Å². The van der Waals surface area contributed by atoms with Crippen LogP contribution in [0.15, 0.2) is 176 Å². The summed E-state index contributed by atoms with van der Waals surface area (Å²) >= 11 is 0. The number of nitrogens with zero attached hydrogens (tertiary/aromatic N) is 5. The van der Waals surface area contributed by atoms with E-state index in [1.807, 2.05) is 73.1 Å². The Labute approximate surface area is 312 Å². The minimum atomic E-state index is 0.630. The number of aromatic nitrogens is 4. The fourth-order valence-electron chi connectivity index (χ4n) is 7.61. The van der Waals surface area contributed by atoms with Gasteiger partial charge in [-0.15, -0.1) is 0 Å². The van der Waals surface area contributed by atoms with Crippen LogP contribution in [0, 0.1) is 11.3 Å². The molecule has 0 N–H and O–H groups in total. The lowest BCUT2D eigenvalue weighted by atomic mass is 9.89. The second-order valence-corrected chi connectivity index (χ2v) is 13.4. The molecule has 0 saturated carbocycles. The van der Waals surface area contributed by atoms with Crippen molar-refractivity contribution in [1.82, 2.24) is 19.9 Å². The van der Waals surface area contributed by atoms with Crippen molar-refractivity contribution < 1.29 is 0 Å². The van der Waals surface area contributed by atoms with Gasteiger partial charge in [0.15, 0.2) is 5.82 Å². The molecule has 1 aliphatic rings. The van der Waals surface area contributed by atoms with Crippen LogP contribution in [-0.4, -0.2) is 19.9 Å². The van der Waals surface area contributed by atoms with E-state index in [2.05, 4.69) is 119 Å². The van der Waals surface area contributed by atoms with E-state index in [9.17, 15) is 5.26 Å². The highest BCUT2D eigenvalue weighted by Gasteiger charge is 2.25. The molecule has 54 heavy (non-hydrogen) atoms. The Balaban J connectivity index is 1.20. The molecule has 0 bridgehead atoms. The molecule has 0 aliphatic heterocycles. The first-order valence-corrected chi connectivity index (χ1v) is 17.8. The van der Waals surface area contributed by atoms with Crippen molar-refractivity contribution in [2.75, 3.05) is 0 Å². The largest absolute Gasteiger partial charge is 0.256 e. The van der Waals surface area contributed by atoms with Crippen molar-refractivity contribution >= 4 is 10.8 Å². The second-order valence-electron chi connectivity index (χ2n) is 13.4. The smallest absolute Gasteiger partial charge is 0.160 e. The number of hydrogen-bond acceptors (Lipinski definition) is 5. The molecule has 0 unspecified atom stereocenters. The van der Waals surface area contributed by atoms with E-state index in [4.69, 9.17) is 9.97 Å². The molecule has 3 aromatic heterocycles. The van der Waals surface area contributed by atoms with Gasteiger partial charge in [0.05, 0.1) is 34.4 Å². The van der Waals surface area contributed by atoms with E-state index < -0.39 is 0 Å². The normalized spacial score (nSPS) is 11.3. The van der Waals surface area contributed by atoms with Gasteiger partial charge in [0.1, 0.15) is 0 Å². The van der Waals surface area contributed by atoms with Gasteiger partial charge in [0.25, 0.3) is 0 Å². The summed E-state index contributed by atoms with van der Waals surface area (Å²) < 4.78 is 0. The van der Waals surface area contributed by atoms with Gasteiger partial charge in [-0.25, -0.2) is 9.97 Å². The van der Waals surface area contributed by atoms with E-state index in [0.717, 1.165) is 67.1 Å². The molecule has 0 fully saturated rings. The molecule has 0 amide bonds. The summed E-state index contributed by atoms with van der Waals surface area (Å²) in [4.78, 5) is 19.6. The van der Waals surface area contributed by atoms with E-state index in [-0.39, 0.29) is 0 Å². The Morgan fingerprint density at radius 1 is 0.352 bits per heavy atom. The lowest BCUT2D eigenvalue weighted by Crippen LogP contribution is -1.97. The van der Waals surface area contributed by atoms with E-state index in [1.54, 1.807) is 0 Å². The number of pyridine rings is 2. The van der Waals surface area contributed by atoms with Gasteiger partial charge in [-0.3, -0.25) is 9.97 Å². The molecule has 3 heterocycles. The summed E-state index contributed by atoms with van der Waals surface area (Å²) in [5.41, 5.74) is 16.1. The topological polar surface area (TPSA) is 75.3 Å². The monoisotopic (exact) mass is 687 g/mol. The SMILES string of the molecule is N#Cc1ccc(-c2ccc3c4c(ccc(-c5cc(-c6ccc(-c7ccccn7)cc6)nc(-c6ccc(-c7ccccn7)cc6)n5)c24)-c2ccccc2-3)cc1. The molecule has 10 rings (SSSR count). The van der Waals surface area contributed by atoms with Gasteiger partial charge in [0, 0.05) is 45.6 Å². The van der Waals surface area contributed by atoms with Crippen molar-refractivity contribution in [2.45, 2.75) is 0 Å². The average molecular weight is 688 g/mol. The van der Waals surface area contributed by atoms with Crippen molar-refractivity contribution in [3.8, 4) is 95.9 Å². The minimum absolute atomic E-state index is 0.630. The number of benzene rings is 6. The molecular formula is C49H29N5. The number of fused-ring (bicyclic) bond motifs is 3. The first-order valence-electron chi connectivity index (χ1n) is 17.8. The number of rotatable bonds is 6. The van der Waals surface area contributed by atoms with Crippen LogP contribution < -0.4 is 0 Å². The van der Waals surface area contributed by atoms with Gasteiger partial charge >= 0.3 is 0 Å². The van der Waals surface area contributed by atoms with Gasteiger partial charge in [-0.05, 0) is 81.2 Å². The Hall–Kier alpha value is -7.55. The average Bonchev–Trinajstić information content (AvgIpc) is 3.59. The third-order valence-corrected chi connectivity index (χ3v) is 10.2. The molecule has 0 atom stereocenters. The molecule has 6 aromatic carbocycles. The van der Waals surface area contributed by atoms with Crippen molar-refractivity contribution in [2.24, 2.45) is 0 Å². The summed E-state index contributed by atoms with van der Waals surface area (Å²) in [5.74, 6) is 0.635. The Kier molecular flexibility index (Phi) is 7.45. The first-order chi connectivity index (χ1) is 26.7. The summed E-state index contributed by atoms with van der Waals surface area (Å²) in [6.45, 7) is 0. The molecular weight excluding hydrogens is 659 g/mol. The Morgan fingerprint density at radius 3 is 1.37 bits per heavy atom. The zero-order chi connectivity index (χ0) is 36.0. The van der Waals surface area contributed by atoms with Crippen LogP contribution in [0.5, 0.6) is 0 Å². The predicted molar refractivity (Wildman–Crippen MR) is 217 cm³/mol. The van der Waals surface area contributed by atoms with Gasteiger partial charge in [-0.2, -0.15) is 5.26 Å². The Morgan fingerprint density at radius 2 is 0.815 bits per heavy atom. The van der Waals surface area contributed by atoms with Crippen LogP contribution in [0.1, 0.15) is 5.56 Å². The Bertz CT molecular complexity index is 2760. The standard InChI is InChI=1S/C49H29N5/c50-30-31-11-13-32(14-12-31)37-23-24-40-38-7-1-2-8-39(38)41-25-26-42(47(37)48(40)41)46-29-45(35-17-15-33(16-18-35)43-9-3-5-27-51-43)53-49(54-46)36-21-19-34(20-22-36)44-10-4-6-28-52-44/h1-29H. The number of nitriles is 1. The van der Waals surface area contributed by atoms with E-state index in [0.29, 0.717) is 11.4 Å². The van der Waals surface area contributed by atoms with Crippen LogP contribution in [0.3, 0.4) is 0 Å². The molecule has 250 valence electrons. The van der Waals surface area contributed by atoms with Crippen molar-refractivity contribution in [3.05, 3.63) is 182 Å². The zero-order valence-corrected chi connectivity index (χ0v) is 29.0. The maximum atomic E-state index is 9.56. The molecule has 9 aromatic rings. The third kappa shape index (κ3) is 5.33. The lowest BCUT2D eigenvalue weighted by molar-refractivity contribution is 1.18. The zero-order valence-electron chi connectivity index (χ0n) is 29.0. The molecule has 5 nitrogen and oxygen atoms in total. The highest BCUT2D eigenvalue weighted by Crippen LogP contribution is 2.52. The highest BCUT2D eigenvalue weighted by atomic mass is 14.9. The fraction of sp³-hybridized carbons (Fsp3) is 0. The molecule has 0 saturated heterocycles. The quantitative estimate of drug-likeness (QED) is 0.174. The summed E-state index contributed by atoms with van der Waals surface area (Å²) in [7, 11) is 0. The molecule has 0 radical (unpaired) electrons. The summed E-state index contributed by atoms with van der Waals surface area (Å²) in [6, 6.07) is 58.3. The molecule has 5 heteroatoms. The van der Waals surface area contributed by atoms with Gasteiger partial charge < -0.3 is 0 Å². The van der Waals surface area contributed by atoms with E-state index in [1.165, 1.54) is 27.6 Å². The maximum absolute atomic E-state index is 9.56. The van der Waals surface area contributed by atoms with Crippen LogP contribution in [0.2, 0.25) is 0 Å². The van der Waals surface area contributed by atoms with E-state index >= 15 is 0 Å². The summed E-state index contributed by atoms with van der Waals surface area (Å²) in [6.07, 6.45) is 3.62. The fourth-order valence-corrected chi connectivity index (χ4v) is 7.61. The van der Waals surface area contributed by atoms with Gasteiger partial charge in [-0.1, -0.05) is 121 Å². The van der Waals surface area contributed by atoms with Crippen molar-refractivity contribution in [3.63, 3.8) is 0 Å². The van der Waals surface area contributed by atoms with Crippen LogP contribution in [0.25, 0.3) is 101 Å². The second kappa shape index (κ2) is 12.9. The number of hydrogen-bond donors (Lipinski definition) is 0. The van der Waals surface area contributed by atoms with Crippen LogP contribution >= 0.6 is 0 Å². The molecule has 0 spiro atoms. The maximum Gasteiger partial charge on any atom is 0.160 e.